The molecule has 0 unspecified atom stereocenters. The van der Waals surface area contributed by atoms with Gasteiger partial charge < -0.3 is 10.1 Å². The molecule has 7 nitrogen and oxygen atoms in total. The molecule has 8 heteroatoms. The second-order valence-corrected chi connectivity index (χ2v) is 8.64. The number of ether oxygens (including phenoxy) is 1. The van der Waals surface area contributed by atoms with Crippen molar-refractivity contribution < 1.29 is 17.9 Å². The summed E-state index contributed by atoms with van der Waals surface area (Å²) in [5.74, 6) is 0.191. The summed E-state index contributed by atoms with van der Waals surface area (Å²) < 4.78 is 32.2. The minimum Gasteiger partial charge on any atom is -0.484 e. The molecule has 0 aliphatic carbocycles. The van der Waals surface area contributed by atoms with Crippen LogP contribution in [-0.2, 0) is 21.4 Å². The lowest BCUT2D eigenvalue weighted by atomic mass is 10.2. The summed E-state index contributed by atoms with van der Waals surface area (Å²) in [6.45, 7) is 2.07. The van der Waals surface area contributed by atoms with Crippen molar-refractivity contribution >= 4 is 21.6 Å². The average Bonchev–Trinajstić information content (AvgIpc) is 2.77. The molecule has 0 saturated carbocycles. The number of sulfonamides is 1. The van der Waals surface area contributed by atoms with Crippen molar-refractivity contribution in [3.8, 4) is 5.75 Å². The van der Waals surface area contributed by atoms with Crippen molar-refractivity contribution in [3.63, 3.8) is 0 Å². The number of hydrogen-bond donors (Lipinski definition) is 1. The van der Waals surface area contributed by atoms with Crippen molar-refractivity contribution in [2.75, 3.05) is 18.0 Å². The highest BCUT2D eigenvalue weighted by atomic mass is 32.2. The Labute approximate surface area is 176 Å². The summed E-state index contributed by atoms with van der Waals surface area (Å²) in [4.78, 5) is 16.3. The molecule has 2 aromatic carbocycles. The summed E-state index contributed by atoms with van der Waals surface area (Å²) in [5.41, 5.74) is 2.23. The van der Waals surface area contributed by atoms with Crippen LogP contribution in [0.2, 0.25) is 0 Å². The van der Waals surface area contributed by atoms with Crippen LogP contribution in [0.25, 0.3) is 0 Å². The van der Waals surface area contributed by atoms with Crippen LogP contribution in [-0.4, -0.2) is 33.0 Å². The zero-order chi connectivity index (χ0) is 21.6. The minimum absolute atomic E-state index is 0.149. The highest BCUT2D eigenvalue weighted by Crippen LogP contribution is 2.24. The number of aromatic nitrogens is 1. The Balaban J connectivity index is 1.56. The van der Waals surface area contributed by atoms with Gasteiger partial charge in [0.15, 0.2) is 6.61 Å². The van der Waals surface area contributed by atoms with Crippen molar-refractivity contribution in [3.05, 3.63) is 84.2 Å². The molecule has 3 rings (SSSR count). The van der Waals surface area contributed by atoms with Gasteiger partial charge in [-0.2, -0.15) is 0 Å². The summed E-state index contributed by atoms with van der Waals surface area (Å²) in [6.07, 6.45) is 1.66. The highest BCUT2D eigenvalue weighted by molar-refractivity contribution is 7.92. The molecule has 1 aromatic heterocycles. The normalized spacial score (nSPS) is 11.0. The number of hydrogen-bond acceptors (Lipinski definition) is 5. The van der Waals surface area contributed by atoms with Crippen LogP contribution < -0.4 is 14.4 Å². The van der Waals surface area contributed by atoms with Crippen molar-refractivity contribution in [2.45, 2.75) is 18.4 Å². The van der Waals surface area contributed by atoms with Gasteiger partial charge in [0, 0.05) is 13.2 Å². The van der Waals surface area contributed by atoms with Gasteiger partial charge in [-0.1, -0.05) is 23.8 Å². The van der Waals surface area contributed by atoms with E-state index in [4.69, 9.17) is 4.74 Å². The number of amides is 1. The number of nitrogens with one attached hydrogen (secondary N) is 1. The zero-order valence-corrected chi connectivity index (χ0v) is 17.6. The molecule has 1 amide bonds. The molecule has 0 atom stereocenters. The molecular formula is C22H23N3O4S. The smallest absolute Gasteiger partial charge is 0.264 e. The Morgan fingerprint density at radius 3 is 2.37 bits per heavy atom. The van der Waals surface area contributed by atoms with Crippen molar-refractivity contribution in [2.24, 2.45) is 0 Å². The molecule has 0 fully saturated rings. The van der Waals surface area contributed by atoms with E-state index < -0.39 is 10.0 Å². The van der Waals surface area contributed by atoms with E-state index in [9.17, 15) is 13.2 Å². The average molecular weight is 426 g/mol. The van der Waals surface area contributed by atoms with Gasteiger partial charge >= 0.3 is 0 Å². The van der Waals surface area contributed by atoms with Gasteiger partial charge in [-0.25, -0.2) is 8.42 Å². The van der Waals surface area contributed by atoms with Gasteiger partial charge in [0.1, 0.15) is 5.75 Å². The largest absolute Gasteiger partial charge is 0.484 e. The van der Waals surface area contributed by atoms with E-state index >= 15 is 0 Å². The fourth-order valence-electron chi connectivity index (χ4n) is 2.65. The molecule has 156 valence electrons. The van der Waals surface area contributed by atoms with Crippen molar-refractivity contribution in [1.29, 1.82) is 0 Å². The van der Waals surface area contributed by atoms with Gasteiger partial charge in [0.05, 0.1) is 22.8 Å². The summed E-state index contributed by atoms with van der Waals surface area (Å²) >= 11 is 0. The molecule has 3 aromatic rings. The number of pyridine rings is 1. The number of benzene rings is 2. The first-order valence-electron chi connectivity index (χ1n) is 9.31. The molecule has 1 heterocycles. The van der Waals surface area contributed by atoms with E-state index in [0.29, 0.717) is 18.0 Å². The number of rotatable bonds is 8. The van der Waals surface area contributed by atoms with Crippen LogP contribution in [0.3, 0.4) is 0 Å². The Morgan fingerprint density at radius 2 is 1.73 bits per heavy atom. The standard InChI is InChI=1S/C22H23N3O4S/c1-17-6-12-21(13-7-17)30(27,28)25(2)19-8-10-20(11-9-19)29-16-22(26)24-15-18-5-3-4-14-23-18/h3-14H,15-16H2,1-2H3,(H,24,26). The van der Waals surface area contributed by atoms with E-state index in [1.165, 1.54) is 11.4 Å². The van der Waals surface area contributed by atoms with Crippen LogP contribution in [0, 0.1) is 6.92 Å². The third-order valence-corrected chi connectivity index (χ3v) is 6.24. The van der Waals surface area contributed by atoms with Crippen molar-refractivity contribution in [1.82, 2.24) is 10.3 Å². The van der Waals surface area contributed by atoms with E-state index in [0.717, 1.165) is 11.3 Å². The van der Waals surface area contributed by atoms with Crippen LogP contribution in [0.15, 0.2) is 77.8 Å². The van der Waals surface area contributed by atoms with E-state index in [1.54, 1.807) is 54.7 Å². The maximum Gasteiger partial charge on any atom is 0.264 e. The Kier molecular flexibility index (Phi) is 6.68. The highest BCUT2D eigenvalue weighted by Gasteiger charge is 2.21. The molecule has 0 saturated heterocycles. The molecule has 1 N–H and O–H groups in total. The maximum absolute atomic E-state index is 12.8. The quantitative estimate of drug-likeness (QED) is 0.600. The van der Waals surface area contributed by atoms with Crippen LogP contribution >= 0.6 is 0 Å². The molecule has 0 aliphatic rings. The second kappa shape index (κ2) is 9.41. The third kappa shape index (κ3) is 5.36. The topological polar surface area (TPSA) is 88.6 Å². The van der Waals surface area contributed by atoms with Gasteiger partial charge in [-0.3, -0.25) is 14.1 Å². The molecule has 0 bridgehead atoms. The van der Waals surface area contributed by atoms with Gasteiger partial charge in [0.25, 0.3) is 15.9 Å². The molecular weight excluding hydrogens is 402 g/mol. The predicted molar refractivity (Wildman–Crippen MR) is 115 cm³/mol. The lowest BCUT2D eigenvalue weighted by molar-refractivity contribution is -0.123. The van der Waals surface area contributed by atoms with Gasteiger partial charge in [-0.05, 0) is 55.5 Å². The minimum atomic E-state index is -3.66. The second-order valence-electron chi connectivity index (χ2n) is 6.67. The first-order chi connectivity index (χ1) is 14.4. The maximum atomic E-state index is 12.8. The summed E-state index contributed by atoms with van der Waals surface area (Å²) in [7, 11) is -2.16. The third-order valence-electron chi connectivity index (χ3n) is 4.44. The first kappa shape index (κ1) is 21.3. The molecule has 0 radical (unpaired) electrons. The van der Waals surface area contributed by atoms with Gasteiger partial charge in [-0.15, -0.1) is 0 Å². The van der Waals surface area contributed by atoms with E-state index in [2.05, 4.69) is 10.3 Å². The number of carbonyl (C=O) groups excluding carboxylic acids is 1. The lowest BCUT2D eigenvalue weighted by Crippen LogP contribution is -2.28. The Bertz CT molecular complexity index is 1080. The van der Waals surface area contributed by atoms with Crippen LogP contribution in [0.1, 0.15) is 11.3 Å². The fourth-order valence-corrected chi connectivity index (χ4v) is 3.85. The van der Waals surface area contributed by atoms with E-state index in [-0.39, 0.29) is 17.4 Å². The number of carbonyl (C=O) groups is 1. The van der Waals surface area contributed by atoms with Crippen LogP contribution in [0.5, 0.6) is 5.75 Å². The SMILES string of the molecule is Cc1ccc(S(=O)(=O)N(C)c2ccc(OCC(=O)NCc3ccccn3)cc2)cc1. The zero-order valence-electron chi connectivity index (χ0n) is 16.8. The Morgan fingerprint density at radius 1 is 1.03 bits per heavy atom. The number of aryl methyl sites for hydroxylation is 1. The molecule has 30 heavy (non-hydrogen) atoms. The van der Waals surface area contributed by atoms with E-state index in [1.807, 2.05) is 25.1 Å². The number of nitrogens with zero attached hydrogens (tertiary/aromatic N) is 2. The van der Waals surface area contributed by atoms with Gasteiger partial charge in [0.2, 0.25) is 0 Å². The lowest BCUT2D eigenvalue weighted by Gasteiger charge is -2.20. The summed E-state index contributed by atoms with van der Waals surface area (Å²) in [6, 6.07) is 18.7. The molecule has 0 spiro atoms. The van der Waals surface area contributed by atoms with Crippen LogP contribution in [0.4, 0.5) is 5.69 Å². The Hall–Kier alpha value is -3.39. The first-order valence-corrected chi connectivity index (χ1v) is 10.8. The summed E-state index contributed by atoms with van der Waals surface area (Å²) in [5, 5.41) is 2.73. The monoisotopic (exact) mass is 425 g/mol. The predicted octanol–water partition coefficient (Wildman–Crippen LogP) is 2.91. The fraction of sp³-hybridized carbons (Fsp3) is 0.182. The number of anilines is 1. The molecule has 0 aliphatic heterocycles.